The first kappa shape index (κ1) is 28.1. The van der Waals surface area contributed by atoms with Gasteiger partial charge in [-0.2, -0.15) is 0 Å². The van der Waals surface area contributed by atoms with Gasteiger partial charge < -0.3 is 37.2 Å². The second-order valence-corrected chi connectivity index (χ2v) is 11.9. The van der Waals surface area contributed by atoms with Crippen LogP contribution in [0, 0.1) is 0 Å². The van der Waals surface area contributed by atoms with Crippen molar-refractivity contribution in [3.05, 3.63) is 0 Å². The Labute approximate surface area is 174 Å². The molecule has 0 saturated heterocycles. The van der Waals surface area contributed by atoms with Gasteiger partial charge in [-0.1, -0.05) is 0 Å². The maximum absolute atomic E-state index is 5.79. The molecular formula is C18H44N2O6Si2. The van der Waals surface area contributed by atoms with E-state index in [-0.39, 0.29) is 0 Å². The van der Waals surface area contributed by atoms with Crippen LogP contribution in [0.15, 0.2) is 0 Å². The number of hydrogen-bond acceptors (Lipinski definition) is 8. The summed E-state index contributed by atoms with van der Waals surface area (Å²) in [6.45, 7) is 14.1. The van der Waals surface area contributed by atoms with Crippen LogP contribution in [0.2, 0.25) is 12.1 Å². The molecule has 0 amide bonds. The first-order chi connectivity index (χ1) is 13.6. The molecule has 2 N–H and O–H groups in total. The van der Waals surface area contributed by atoms with E-state index < -0.39 is 17.6 Å². The zero-order valence-electron chi connectivity index (χ0n) is 18.9. The normalized spacial score (nSPS) is 12.6. The van der Waals surface area contributed by atoms with Crippen molar-refractivity contribution in [3.63, 3.8) is 0 Å². The molecule has 0 aromatic rings. The van der Waals surface area contributed by atoms with Crippen molar-refractivity contribution in [2.45, 2.75) is 52.6 Å². The Morgan fingerprint density at radius 2 is 0.857 bits per heavy atom. The molecule has 0 unspecified atom stereocenters. The second-order valence-electron chi connectivity index (χ2n) is 6.21. The number of hydrogen-bond donors (Lipinski definition) is 2. The maximum atomic E-state index is 5.79. The zero-order valence-corrected chi connectivity index (χ0v) is 20.9. The van der Waals surface area contributed by atoms with Gasteiger partial charge >= 0.3 is 17.6 Å². The first-order valence-electron chi connectivity index (χ1n) is 10.6. The fourth-order valence-electron chi connectivity index (χ4n) is 2.98. The Morgan fingerprint density at radius 3 is 1.11 bits per heavy atom. The van der Waals surface area contributed by atoms with E-state index in [1.165, 1.54) is 0 Å². The van der Waals surface area contributed by atoms with Crippen LogP contribution in [0.3, 0.4) is 0 Å². The summed E-state index contributed by atoms with van der Waals surface area (Å²) >= 11 is 0. The van der Waals surface area contributed by atoms with Crippen LogP contribution in [0.4, 0.5) is 0 Å². The predicted molar refractivity (Wildman–Crippen MR) is 117 cm³/mol. The zero-order chi connectivity index (χ0) is 21.1. The summed E-state index contributed by atoms with van der Waals surface area (Å²) in [7, 11) is -1.58. The van der Waals surface area contributed by atoms with E-state index in [1.807, 2.05) is 27.7 Å². The van der Waals surface area contributed by atoms with Gasteiger partial charge in [0.1, 0.15) is 0 Å². The van der Waals surface area contributed by atoms with Crippen molar-refractivity contribution in [2.75, 3.05) is 66.8 Å². The molecule has 0 heterocycles. The van der Waals surface area contributed by atoms with Gasteiger partial charge in [0.25, 0.3) is 0 Å². The third-order valence-corrected chi connectivity index (χ3v) is 10.3. The molecular weight excluding hydrogens is 396 g/mol. The smallest absolute Gasteiger partial charge is 0.377 e. The number of rotatable bonds is 21. The highest BCUT2D eigenvalue weighted by Gasteiger charge is 2.39. The van der Waals surface area contributed by atoms with Gasteiger partial charge in [0.2, 0.25) is 0 Å². The summed E-state index contributed by atoms with van der Waals surface area (Å²) in [5.41, 5.74) is 0. The standard InChI is InChI=1S/C18H44N2O6Si2/c1-7-23-27(21-5,24-8-2)17-11-13-19-15-16-20-14-12-18-28(22-6,25-9-3)26-10-4/h19-20H,7-18H2,1-6H3. The predicted octanol–water partition coefficient (Wildman–Crippen LogP) is 2.26. The lowest BCUT2D eigenvalue weighted by molar-refractivity contribution is 0.0853. The molecule has 0 aliphatic rings. The molecule has 10 heteroatoms. The van der Waals surface area contributed by atoms with E-state index in [2.05, 4.69) is 10.6 Å². The lowest BCUT2D eigenvalue weighted by Crippen LogP contribution is -2.45. The topological polar surface area (TPSA) is 79.4 Å². The lowest BCUT2D eigenvalue weighted by Gasteiger charge is -2.27. The van der Waals surface area contributed by atoms with Gasteiger partial charge in [-0.15, -0.1) is 0 Å². The van der Waals surface area contributed by atoms with Crippen LogP contribution in [0.5, 0.6) is 0 Å². The van der Waals surface area contributed by atoms with Gasteiger partial charge in [-0.25, -0.2) is 0 Å². The van der Waals surface area contributed by atoms with Crippen molar-refractivity contribution < 1.29 is 26.6 Å². The molecule has 0 aromatic carbocycles. The Morgan fingerprint density at radius 1 is 0.536 bits per heavy atom. The molecule has 8 nitrogen and oxygen atoms in total. The highest BCUT2D eigenvalue weighted by molar-refractivity contribution is 6.61. The van der Waals surface area contributed by atoms with Crippen LogP contribution >= 0.6 is 0 Å². The minimum atomic E-state index is -2.48. The molecule has 0 aliphatic carbocycles. The molecule has 170 valence electrons. The van der Waals surface area contributed by atoms with Crippen LogP contribution in [0.25, 0.3) is 0 Å². The molecule has 0 bridgehead atoms. The van der Waals surface area contributed by atoms with E-state index in [9.17, 15) is 0 Å². The van der Waals surface area contributed by atoms with E-state index in [0.29, 0.717) is 26.4 Å². The third kappa shape index (κ3) is 12.0. The van der Waals surface area contributed by atoms with Crippen molar-refractivity contribution in [2.24, 2.45) is 0 Å². The van der Waals surface area contributed by atoms with Crippen molar-refractivity contribution in [3.8, 4) is 0 Å². The van der Waals surface area contributed by atoms with Gasteiger partial charge in [0, 0.05) is 65.8 Å². The lowest BCUT2D eigenvalue weighted by atomic mass is 10.4. The summed E-state index contributed by atoms with van der Waals surface area (Å²) < 4.78 is 34.3. The van der Waals surface area contributed by atoms with Crippen molar-refractivity contribution >= 4 is 17.6 Å². The van der Waals surface area contributed by atoms with Gasteiger partial charge in [0.05, 0.1) is 0 Å². The quantitative estimate of drug-likeness (QED) is 0.208. The highest BCUT2D eigenvalue weighted by atomic mass is 28.4. The molecule has 0 atom stereocenters. The Balaban J connectivity index is 3.83. The molecule has 28 heavy (non-hydrogen) atoms. The average Bonchev–Trinajstić information content (AvgIpc) is 2.69. The molecule has 0 aliphatic heterocycles. The SMILES string of the molecule is CCO[Si](CCCNCCNCCC[Si](OC)(OCC)OCC)(OC)OCC. The van der Waals surface area contributed by atoms with Crippen molar-refractivity contribution in [1.82, 2.24) is 10.6 Å². The monoisotopic (exact) mass is 440 g/mol. The van der Waals surface area contributed by atoms with Gasteiger partial charge in [-0.3, -0.25) is 0 Å². The Kier molecular flexibility index (Phi) is 18.0. The summed E-state index contributed by atoms with van der Waals surface area (Å²) in [5, 5.41) is 6.91. The minimum Gasteiger partial charge on any atom is -0.377 e. The van der Waals surface area contributed by atoms with Crippen LogP contribution in [0.1, 0.15) is 40.5 Å². The molecule has 0 rings (SSSR count). The van der Waals surface area contributed by atoms with Crippen LogP contribution in [-0.4, -0.2) is 84.4 Å². The fraction of sp³-hybridized carbons (Fsp3) is 1.00. The fourth-order valence-corrected chi connectivity index (χ4v) is 7.58. The third-order valence-electron chi connectivity index (χ3n) is 4.23. The molecule has 0 saturated carbocycles. The van der Waals surface area contributed by atoms with Gasteiger partial charge in [-0.05, 0) is 53.6 Å². The summed E-state index contributed by atoms with van der Waals surface area (Å²) in [4.78, 5) is 0. The summed E-state index contributed by atoms with van der Waals surface area (Å²) in [6.07, 6.45) is 1.95. The number of nitrogens with one attached hydrogen (secondary N) is 2. The largest absolute Gasteiger partial charge is 0.500 e. The Hall–Kier alpha value is 0.114. The van der Waals surface area contributed by atoms with Crippen LogP contribution < -0.4 is 10.6 Å². The summed E-state index contributed by atoms with van der Waals surface area (Å²) in [5.74, 6) is 0. The van der Waals surface area contributed by atoms with E-state index in [1.54, 1.807) is 14.2 Å². The highest BCUT2D eigenvalue weighted by Crippen LogP contribution is 2.17. The van der Waals surface area contributed by atoms with Crippen molar-refractivity contribution in [1.29, 1.82) is 0 Å². The average molecular weight is 441 g/mol. The maximum Gasteiger partial charge on any atom is 0.500 e. The molecule has 0 aromatic heterocycles. The molecule has 0 radical (unpaired) electrons. The van der Waals surface area contributed by atoms with Crippen LogP contribution in [-0.2, 0) is 26.6 Å². The van der Waals surface area contributed by atoms with E-state index in [4.69, 9.17) is 26.6 Å². The Bertz CT molecular complexity index is 312. The minimum absolute atomic E-state index is 0.622. The van der Waals surface area contributed by atoms with E-state index >= 15 is 0 Å². The summed E-state index contributed by atoms with van der Waals surface area (Å²) in [6, 6.07) is 1.67. The molecule has 0 fully saturated rings. The molecule has 0 spiro atoms. The van der Waals surface area contributed by atoms with E-state index in [0.717, 1.165) is 51.1 Å². The van der Waals surface area contributed by atoms with Gasteiger partial charge in [0.15, 0.2) is 0 Å². The second kappa shape index (κ2) is 17.9. The first-order valence-corrected chi connectivity index (χ1v) is 14.5.